The van der Waals surface area contributed by atoms with Crippen molar-refractivity contribution in [2.75, 3.05) is 17.0 Å². The Hall–Kier alpha value is -3.85. The van der Waals surface area contributed by atoms with Gasteiger partial charge in [-0.2, -0.15) is 15.2 Å². The van der Waals surface area contributed by atoms with E-state index in [1.165, 1.54) is 16.3 Å². The van der Waals surface area contributed by atoms with Gasteiger partial charge in [0.25, 0.3) is 0 Å². The second kappa shape index (κ2) is 8.88. The number of ether oxygens (including phenoxy) is 1. The first-order valence-corrected chi connectivity index (χ1v) is 10.5. The highest BCUT2D eigenvalue weighted by Crippen LogP contribution is 2.29. The first-order chi connectivity index (χ1) is 15.1. The van der Waals surface area contributed by atoms with Crippen LogP contribution in [0.5, 0.6) is 0 Å². The van der Waals surface area contributed by atoms with Gasteiger partial charge in [0.1, 0.15) is 0 Å². The quantitative estimate of drug-likeness (QED) is 0.465. The van der Waals surface area contributed by atoms with Crippen molar-refractivity contribution in [2.24, 2.45) is 10.2 Å². The third kappa shape index (κ3) is 4.36. The summed E-state index contributed by atoms with van der Waals surface area (Å²) in [6, 6.07) is 16.4. The molecule has 0 radical (unpaired) electrons. The fourth-order valence-electron chi connectivity index (χ4n) is 2.87. The van der Waals surface area contributed by atoms with Gasteiger partial charge in [0.05, 0.1) is 29.3 Å². The topological polar surface area (TPSA) is 96.2 Å². The number of carbonyl (C=O) groups excluding carboxylic acids is 2. The van der Waals surface area contributed by atoms with E-state index >= 15 is 0 Å². The lowest BCUT2D eigenvalue weighted by Crippen LogP contribution is -2.27. The van der Waals surface area contributed by atoms with Crippen LogP contribution in [0.4, 0.5) is 10.8 Å². The molecular formula is C22H19N5O3S. The van der Waals surface area contributed by atoms with Crippen molar-refractivity contribution in [3.63, 3.8) is 0 Å². The molecule has 0 unspecified atom stereocenters. The van der Waals surface area contributed by atoms with E-state index in [9.17, 15) is 9.59 Å². The molecule has 156 valence electrons. The van der Waals surface area contributed by atoms with Crippen molar-refractivity contribution in [1.29, 1.82) is 0 Å². The monoisotopic (exact) mass is 433 g/mol. The molecule has 0 spiro atoms. The molecule has 1 amide bonds. The summed E-state index contributed by atoms with van der Waals surface area (Å²) in [6.07, 6.45) is 0. The highest BCUT2D eigenvalue weighted by molar-refractivity contribution is 7.14. The van der Waals surface area contributed by atoms with E-state index in [1.54, 1.807) is 38.1 Å². The Kier molecular flexibility index (Phi) is 5.85. The van der Waals surface area contributed by atoms with Crippen LogP contribution < -0.4 is 10.4 Å². The highest BCUT2D eigenvalue weighted by Gasteiger charge is 2.32. The molecule has 0 bridgehead atoms. The molecule has 0 fully saturated rings. The van der Waals surface area contributed by atoms with Crippen LogP contribution in [0.3, 0.4) is 0 Å². The zero-order valence-corrected chi connectivity index (χ0v) is 17.7. The number of hydrogen-bond donors (Lipinski definition) is 1. The van der Waals surface area contributed by atoms with Crippen LogP contribution in [0.2, 0.25) is 0 Å². The number of hydrazone groups is 2. The third-order valence-corrected chi connectivity index (χ3v) is 5.24. The molecule has 0 saturated carbocycles. The smallest absolute Gasteiger partial charge is 0.338 e. The number of anilines is 2. The molecule has 4 rings (SSSR count). The van der Waals surface area contributed by atoms with E-state index in [1.807, 2.05) is 35.7 Å². The van der Waals surface area contributed by atoms with Crippen LogP contribution in [0.15, 0.2) is 70.2 Å². The number of esters is 1. The minimum atomic E-state index is -0.386. The summed E-state index contributed by atoms with van der Waals surface area (Å²) in [5.41, 5.74) is 6.35. The molecule has 9 heteroatoms. The van der Waals surface area contributed by atoms with Crippen LogP contribution in [-0.2, 0) is 9.53 Å². The largest absolute Gasteiger partial charge is 0.462 e. The Morgan fingerprint density at radius 3 is 2.61 bits per heavy atom. The molecule has 1 N–H and O–H groups in total. The van der Waals surface area contributed by atoms with Crippen LogP contribution in [0, 0.1) is 0 Å². The van der Waals surface area contributed by atoms with Gasteiger partial charge in [0.15, 0.2) is 5.71 Å². The van der Waals surface area contributed by atoms with E-state index in [-0.39, 0.29) is 17.6 Å². The van der Waals surface area contributed by atoms with Crippen molar-refractivity contribution in [2.45, 2.75) is 13.8 Å². The van der Waals surface area contributed by atoms with Crippen molar-refractivity contribution in [3.8, 4) is 11.3 Å². The van der Waals surface area contributed by atoms with Gasteiger partial charge in [0.2, 0.25) is 5.13 Å². The van der Waals surface area contributed by atoms with Crippen LogP contribution in [0.1, 0.15) is 24.2 Å². The number of rotatable bonds is 6. The van der Waals surface area contributed by atoms with Gasteiger partial charge in [0, 0.05) is 10.9 Å². The number of nitrogens with zero attached hydrogens (tertiary/aromatic N) is 4. The van der Waals surface area contributed by atoms with Gasteiger partial charge in [-0.3, -0.25) is 10.2 Å². The molecule has 3 aromatic rings. The average Bonchev–Trinajstić information content (AvgIpc) is 3.38. The molecule has 8 nitrogen and oxygen atoms in total. The van der Waals surface area contributed by atoms with Crippen LogP contribution >= 0.6 is 11.3 Å². The Labute approximate surface area is 182 Å². The molecule has 31 heavy (non-hydrogen) atoms. The first-order valence-electron chi connectivity index (χ1n) is 9.58. The summed E-state index contributed by atoms with van der Waals surface area (Å²) >= 11 is 1.34. The van der Waals surface area contributed by atoms with Gasteiger partial charge in [-0.05, 0) is 38.1 Å². The Bertz CT molecular complexity index is 1170. The third-order valence-electron chi connectivity index (χ3n) is 4.42. The number of amides is 1. The zero-order valence-electron chi connectivity index (χ0n) is 16.9. The summed E-state index contributed by atoms with van der Waals surface area (Å²) < 4.78 is 4.96. The number of thiazole rings is 1. The summed E-state index contributed by atoms with van der Waals surface area (Å²) in [4.78, 5) is 29.1. The Morgan fingerprint density at radius 1 is 1.16 bits per heavy atom. The van der Waals surface area contributed by atoms with Crippen molar-refractivity contribution >= 4 is 45.5 Å². The second-order valence-corrected chi connectivity index (χ2v) is 7.39. The molecule has 1 aliphatic rings. The number of aromatic nitrogens is 1. The maximum atomic E-state index is 12.8. The number of carbonyl (C=O) groups is 2. The van der Waals surface area contributed by atoms with Crippen LogP contribution in [0.25, 0.3) is 11.3 Å². The van der Waals surface area contributed by atoms with E-state index in [0.29, 0.717) is 28.7 Å². The maximum absolute atomic E-state index is 12.8. The van der Waals surface area contributed by atoms with E-state index in [4.69, 9.17) is 4.74 Å². The lowest BCUT2D eigenvalue weighted by molar-refractivity contribution is -0.112. The summed E-state index contributed by atoms with van der Waals surface area (Å²) in [6.45, 7) is 3.79. The van der Waals surface area contributed by atoms with E-state index in [2.05, 4.69) is 20.6 Å². The highest BCUT2D eigenvalue weighted by atomic mass is 32.1. The van der Waals surface area contributed by atoms with Gasteiger partial charge in [-0.15, -0.1) is 11.3 Å². The molecule has 2 heterocycles. The molecule has 1 aromatic heterocycles. The average molecular weight is 433 g/mol. The Morgan fingerprint density at radius 2 is 1.90 bits per heavy atom. The second-order valence-electron chi connectivity index (χ2n) is 6.55. The van der Waals surface area contributed by atoms with Crippen molar-refractivity contribution < 1.29 is 14.3 Å². The first kappa shape index (κ1) is 20.4. The van der Waals surface area contributed by atoms with E-state index < -0.39 is 0 Å². The molecular weight excluding hydrogens is 414 g/mol. The van der Waals surface area contributed by atoms with Gasteiger partial charge in [-0.25, -0.2) is 9.78 Å². The van der Waals surface area contributed by atoms with Crippen LogP contribution in [-0.4, -0.2) is 34.9 Å². The number of hydrogen-bond acceptors (Lipinski definition) is 8. The lowest BCUT2D eigenvalue weighted by atomic mass is 10.2. The van der Waals surface area contributed by atoms with Crippen molar-refractivity contribution in [1.82, 2.24) is 4.98 Å². The molecule has 2 aromatic carbocycles. The minimum Gasteiger partial charge on any atom is -0.462 e. The number of benzene rings is 2. The molecule has 0 atom stereocenters. The molecule has 1 aliphatic heterocycles. The summed E-state index contributed by atoms with van der Waals surface area (Å²) in [5, 5.41) is 12.2. The summed E-state index contributed by atoms with van der Waals surface area (Å²) in [7, 11) is 0. The predicted molar refractivity (Wildman–Crippen MR) is 122 cm³/mol. The van der Waals surface area contributed by atoms with Gasteiger partial charge in [-0.1, -0.05) is 30.3 Å². The molecule has 0 saturated heterocycles. The normalized spacial score (nSPS) is 14.6. The SMILES string of the molecule is CCOC(=O)c1ccc(N/N=C2\C(=O)N(c3nc(-c4ccccc4)cs3)N=C2C)cc1. The number of nitrogens with one attached hydrogen (secondary N) is 1. The lowest BCUT2D eigenvalue weighted by Gasteiger charge is -2.07. The minimum absolute atomic E-state index is 0.200. The predicted octanol–water partition coefficient (Wildman–Crippen LogP) is 4.18. The van der Waals surface area contributed by atoms with Gasteiger partial charge >= 0.3 is 11.9 Å². The van der Waals surface area contributed by atoms with E-state index in [0.717, 1.165) is 11.3 Å². The fraction of sp³-hybridized carbons (Fsp3) is 0.136. The maximum Gasteiger partial charge on any atom is 0.338 e. The van der Waals surface area contributed by atoms with Crippen molar-refractivity contribution in [3.05, 3.63) is 65.5 Å². The zero-order chi connectivity index (χ0) is 21.8. The Balaban J connectivity index is 1.47. The molecule has 0 aliphatic carbocycles. The standard InChI is InChI=1S/C22H19N5O3S/c1-3-30-21(29)16-9-11-17(12-10-16)24-25-19-14(2)26-27(20(19)28)22-23-18(13-31-22)15-7-5-4-6-8-15/h4-13,24H,3H2,1-2H3/b25-19-. The van der Waals surface area contributed by atoms with Gasteiger partial charge < -0.3 is 4.74 Å². The fourth-order valence-corrected chi connectivity index (χ4v) is 3.66. The summed E-state index contributed by atoms with van der Waals surface area (Å²) in [5.74, 6) is -0.745.